The molecule has 0 saturated heterocycles. The summed E-state index contributed by atoms with van der Waals surface area (Å²) in [5.74, 6) is 0.653. The van der Waals surface area contributed by atoms with Crippen molar-refractivity contribution in [2.45, 2.75) is 45.3 Å². The molecule has 1 amide bonds. The van der Waals surface area contributed by atoms with Crippen molar-refractivity contribution in [3.05, 3.63) is 54.4 Å². The summed E-state index contributed by atoms with van der Waals surface area (Å²) in [4.78, 5) is 15.8. The lowest BCUT2D eigenvalue weighted by molar-refractivity contribution is -0.121. The Labute approximate surface area is 222 Å². The van der Waals surface area contributed by atoms with Crippen LogP contribution in [0.15, 0.2) is 53.9 Å². The number of imidazole rings is 1. The van der Waals surface area contributed by atoms with Crippen molar-refractivity contribution in [3.63, 3.8) is 0 Å². The van der Waals surface area contributed by atoms with E-state index in [9.17, 15) is 18.3 Å². The van der Waals surface area contributed by atoms with E-state index in [1.54, 1.807) is 18.5 Å². The van der Waals surface area contributed by atoms with Crippen LogP contribution in [-0.4, -0.2) is 66.2 Å². The van der Waals surface area contributed by atoms with Crippen LogP contribution in [0, 0.1) is 0 Å². The number of hydrogen-bond donors (Lipinski definition) is 3. The van der Waals surface area contributed by atoms with Crippen LogP contribution in [0.2, 0.25) is 0 Å². The zero-order valence-electron chi connectivity index (χ0n) is 21.3. The molecule has 1 aromatic heterocycles. The molecule has 1 unspecified atom stereocenters. The van der Waals surface area contributed by atoms with Crippen LogP contribution in [0.5, 0.6) is 11.5 Å². The van der Waals surface area contributed by atoms with E-state index in [1.807, 2.05) is 29.7 Å². The number of nitrogens with one attached hydrogen (secondary N) is 2. The number of hydrazone groups is 1. The summed E-state index contributed by atoms with van der Waals surface area (Å²) in [6.45, 7) is 3.65. The quantitative estimate of drug-likeness (QED) is 0.207. The fraction of sp³-hybridized carbons (Fsp3) is 0.423. The van der Waals surface area contributed by atoms with Gasteiger partial charge in [0.05, 0.1) is 28.8 Å². The summed E-state index contributed by atoms with van der Waals surface area (Å²) in [7, 11) is -3.60. The fourth-order valence-corrected chi connectivity index (χ4v) is 5.05. The molecule has 2 aromatic carbocycles. The van der Waals surface area contributed by atoms with Crippen LogP contribution in [0.25, 0.3) is 11.0 Å². The van der Waals surface area contributed by atoms with E-state index in [-0.39, 0.29) is 24.0 Å². The molecule has 0 saturated carbocycles. The van der Waals surface area contributed by atoms with Gasteiger partial charge < -0.3 is 23.9 Å². The van der Waals surface area contributed by atoms with Gasteiger partial charge in [-0.15, -0.1) is 0 Å². The van der Waals surface area contributed by atoms with Crippen LogP contribution >= 0.6 is 0 Å². The number of aliphatic hydroxyl groups is 1. The van der Waals surface area contributed by atoms with Crippen LogP contribution < -0.4 is 19.7 Å². The number of fused-ring (bicyclic) bond motifs is 1. The average Bonchev–Trinajstić information content (AvgIpc) is 3.32. The Morgan fingerprint density at radius 3 is 2.68 bits per heavy atom. The molecule has 0 spiro atoms. The highest BCUT2D eigenvalue weighted by Crippen LogP contribution is 2.20. The molecule has 0 bridgehead atoms. The predicted molar refractivity (Wildman–Crippen MR) is 144 cm³/mol. The summed E-state index contributed by atoms with van der Waals surface area (Å²) < 4.78 is 36.5. The second kappa shape index (κ2) is 12.9. The van der Waals surface area contributed by atoms with Gasteiger partial charge in [0.2, 0.25) is 5.91 Å². The highest BCUT2D eigenvalue weighted by molar-refractivity contribution is 7.87. The van der Waals surface area contributed by atoms with Gasteiger partial charge in [0.1, 0.15) is 24.2 Å². The molecule has 1 aliphatic rings. The van der Waals surface area contributed by atoms with Gasteiger partial charge in [-0.1, -0.05) is 19.4 Å². The molecule has 2 heterocycles. The minimum Gasteiger partial charge on any atom is -0.491 e. The number of nitrogens with zero attached hydrogens (tertiary/aromatic N) is 3. The Balaban J connectivity index is 1.18. The lowest BCUT2D eigenvalue weighted by atomic mass is 10.0. The van der Waals surface area contributed by atoms with Crippen molar-refractivity contribution in [1.29, 1.82) is 0 Å². The second-order valence-electron chi connectivity index (χ2n) is 9.07. The van der Waals surface area contributed by atoms with Crippen molar-refractivity contribution < 1.29 is 27.2 Å². The molecule has 3 aromatic rings. The maximum atomic E-state index is 11.9. The number of hydrogen-bond acceptors (Lipinski definition) is 9. The zero-order valence-corrected chi connectivity index (χ0v) is 22.1. The Kier molecular flexibility index (Phi) is 9.32. The highest BCUT2D eigenvalue weighted by Gasteiger charge is 2.15. The van der Waals surface area contributed by atoms with E-state index in [2.05, 4.69) is 20.8 Å². The molecule has 0 radical (unpaired) electrons. The van der Waals surface area contributed by atoms with E-state index in [0.29, 0.717) is 44.6 Å². The van der Waals surface area contributed by atoms with Gasteiger partial charge >= 0.3 is 10.1 Å². The molecule has 1 atom stereocenters. The number of carbonyl (C=O) groups excluding carboxylic acids is 1. The van der Waals surface area contributed by atoms with E-state index in [1.165, 1.54) is 12.1 Å². The number of aromatic nitrogens is 2. The molecule has 3 N–H and O–H groups in total. The van der Waals surface area contributed by atoms with E-state index >= 15 is 0 Å². The molecule has 0 fully saturated rings. The Bertz CT molecular complexity index is 1370. The van der Waals surface area contributed by atoms with Gasteiger partial charge in [0.25, 0.3) is 0 Å². The van der Waals surface area contributed by atoms with Crippen molar-refractivity contribution >= 4 is 32.8 Å². The number of rotatable bonds is 14. The topological polar surface area (TPSA) is 144 Å². The Hall–Kier alpha value is -3.48. The zero-order chi connectivity index (χ0) is 27.0. The van der Waals surface area contributed by atoms with Gasteiger partial charge in [0.15, 0.2) is 0 Å². The fourth-order valence-electron chi connectivity index (χ4n) is 3.92. The molecule has 4 rings (SSSR count). The first-order chi connectivity index (χ1) is 18.3. The number of unbranched alkanes of at least 4 members (excludes halogenated alkanes) is 1. The number of aliphatic hydroxyl groups excluding tert-OH is 1. The molecule has 1 aliphatic heterocycles. The van der Waals surface area contributed by atoms with Crippen molar-refractivity contribution in [2.24, 2.45) is 5.10 Å². The van der Waals surface area contributed by atoms with Crippen molar-refractivity contribution in [2.75, 3.05) is 25.4 Å². The maximum absolute atomic E-state index is 11.9. The third-order valence-corrected chi connectivity index (χ3v) is 7.24. The largest absolute Gasteiger partial charge is 0.491 e. The normalized spacial score (nSPS) is 14.7. The van der Waals surface area contributed by atoms with Crippen molar-refractivity contribution in [1.82, 2.24) is 20.3 Å². The second-order valence-corrected chi connectivity index (χ2v) is 10.8. The minimum atomic E-state index is -3.60. The lowest BCUT2D eigenvalue weighted by Gasteiger charge is -2.14. The summed E-state index contributed by atoms with van der Waals surface area (Å²) in [6.07, 6.45) is 3.42. The first-order valence-corrected chi connectivity index (χ1v) is 14.2. The van der Waals surface area contributed by atoms with Gasteiger partial charge in [-0.05, 0) is 42.8 Å². The minimum absolute atomic E-state index is 0.0168. The molecule has 0 aliphatic carbocycles. The smallest absolute Gasteiger partial charge is 0.309 e. The standard InChI is InChI=1S/C26H33N5O6S/c1-2-3-14-38(34,35)37-22-7-5-21(6-8-22)36-17-20(32)16-27-12-13-31-18-28-24-15-19(4-10-25(24)31)23-9-11-26(33)30-29-23/h4-8,10,15,18,20,27,32H,2-3,9,11-14,16-17H2,1H3,(H,30,33). The summed E-state index contributed by atoms with van der Waals surface area (Å²) in [6, 6.07) is 12.2. The van der Waals surface area contributed by atoms with Crippen LogP contribution in [-0.2, 0) is 21.5 Å². The van der Waals surface area contributed by atoms with E-state index in [4.69, 9.17) is 8.92 Å². The highest BCUT2D eigenvalue weighted by atomic mass is 32.2. The van der Waals surface area contributed by atoms with Gasteiger partial charge in [-0.25, -0.2) is 10.4 Å². The molecule has 11 nitrogen and oxygen atoms in total. The third-order valence-electron chi connectivity index (χ3n) is 6.01. The monoisotopic (exact) mass is 543 g/mol. The Morgan fingerprint density at radius 1 is 1.16 bits per heavy atom. The Morgan fingerprint density at radius 2 is 1.95 bits per heavy atom. The summed E-state index contributed by atoms with van der Waals surface area (Å²) >= 11 is 0. The summed E-state index contributed by atoms with van der Waals surface area (Å²) in [5.41, 5.74) is 6.16. The average molecular weight is 544 g/mol. The molecule has 12 heteroatoms. The number of amides is 1. The van der Waals surface area contributed by atoms with Crippen molar-refractivity contribution in [3.8, 4) is 11.5 Å². The first kappa shape index (κ1) is 27.6. The lowest BCUT2D eigenvalue weighted by Crippen LogP contribution is -2.33. The molecular formula is C26H33N5O6S. The van der Waals surface area contributed by atoms with E-state index in [0.717, 1.165) is 28.7 Å². The van der Waals surface area contributed by atoms with E-state index < -0.39 is 16.2 Å². The maximum Gasteiger partial charge on any atom is 0.309 e. The summed E-state index contributed by atoms with van der Waals surface area (Å²) in [5, 5.41) is 17.6. The van der Waals surface area contributed by atoms with Gasteiger partial charge in [-0.2, -0.15) is 13.5 Å². The first-order valence-electron chi connectivity index (χ1n) is 12.7. The number of ether oxygens (including phenoxy) is 1. The van der Waals surface area contributed by atoms with Crippen LogP contribution in [0.4, 0.5) is 0 Å². The van der Waals surface area contributed by atoms with Gasteiger partial charge in [0, 0.05) is 38.0 Å². The predicted octanol–water partition coefficient (Wildman–Crippen LogP) is 2.19. The molecule has 204 valence electrons. The number of carbonyl (C=O) groups is 1. The van der Waals surface area contributed by atoms with Crippen LogP contribution in [0.3, 0.4) is 0 Å². The number of benzene rings is 2. The molecular weight excluding hydrogens is 510 g/mol. The SMILES string of the molecule is CCCCS(=O)(=O)Oc1ccc(OCC(O)CNCCn2cnc3cc(C4=NNC(=O)CC4)ccc32)cc1. The van der Waals surface area contributed by atoms with Gasteiger partial charge in [-0.3, -0.25) is 4.79 Å². The molecule has 38 heavy (non-hydrogen) atoms. The third kappa shape index (κ3) is 7.76. The van der Waals surface area contributed by atoms with Crippen LogP contribution in [0.1, 0.15) is 38.2 Å².